The van der Waals surface area contributed by atoms with Crippen LogP contribution < -0.4 is 4.90 Å². The van der Waals surface area contributed by atoms with E-state index in [1.807, 2.05) is 16.7 Å². The molecule has 0 radical (unpaired) electrons. The SMILES string of the molecule is CCN(CC)CCN(C(=O)CCCSc1ccc(C)cc1)c1nc2ccc(SC)cc2s1. The Balaban J connectivity index is 1.67. The Kier molecular flexibility index (Phi) is 9.91. The lowest BCUT2D eigenvalue weighted by atomic mass is 10.2. The van der Waals surface area contributed by atoms with Crippen molar-refractivity contribution in [2.24, 2.45) is 0 Å². The predicted octanol–water partition coefficient (Wildman–Crippen LogP) is 6.57. The number of benzene rings is 2. The van der Waals surface area contributed by atoms with Gasteiger partial charge in [0.05, 0.1) is 10.2 Å². The Bertz CT molecular complexity index is 999. The molecule has 1 amide bonds. The quantitative estimate of drug-likeness (QED) is 0.213. The summed E-state index contributed by atoms with van der Waals surface area (Å²) in [5.74, 6) is 1.11. The van der Waals surface area contributed by atoms with E-state index in [0.29, 0.717) is 13.0 Å². The van der Waals surface area contributed by atoms with E-state index in [1.54, 1.807) is 23.1 Å². The molecule has 32 heavy (non-hydrogen) atoms. The van der Waals surface area contributed by atoms with E-state index in [2.05, 4.69) is 74.4 Å². The second-order valence-electron chi connectivity index (χ2n) is 7.67. The molecule has 0 N–H and O–H groups in total. The average Bonchev–Trinajstić information content (AvgIpc) is 3.23. The largest absolute Gasteiger partial charge is 0.302 e. The first kappa shape index (κ1) is 25.1. The third-order valence-electron chi connectivity index (χ3n) is 5.48. The molecule has 0 saturated heterocycles. The van der Waals surface area contributed by atoms with Crippen LogP contribution in [0.5, 0.6) is 0 Å². The Labute approximate surface area is 204 Å². The molecule has 0 unspecified atom stereocenters. The van der Waals surface area contributed by atoms with Crippen molar-refractivity contribution < 1.29 is 4.79 Å². The lowest BCUT2D eigenvalue weighted by Crippen LogP contribution is -2.38. The molecule has 7 heteroatoms. The minimum Gasteiger partial charge on any atom is -0.302 e. The van der Waals surface area contributed by atoms with Crippen molar-refractivity contribution in [2.75, 3.05) is 43.1 Å². The number of hydrogen-bond donors (Lipinski definition) is 0. The number of fused-ring (bicyclic) bond motifs is 1. The molecule has 0 fully saturated rings. The van der Waals surface area contributed by atoms with Crippen molar-refractivity contribution in [1.82, 2.24) is 9.88 Å². The number of thioether (sulfide) groups is 2. The van der Waals surface area contributed by atoms with Crippen molar-refractivity contribution in [1.29, 1.82) is 0 Å². The van der Waals surface area contributed by atoms with Crippen LogP contribution in [0.4, 0.5) is 5.13 Å². The van der Waals surface area contributed by atoms with Crippen LogP contribution in [0.3, 0.4) is 0 Å². The zero-order valence-corrected chi connectivity index (χ0v) is 21.9. The Hall–Kier alpha value is -1.54. The number of likely N-dealkylation sites (N-methyl/N-ethyl adjacent to an activating group) is 1. The summed E-state index contributed by atoms with van der Waals surface area (Å²) in [6.45, 7) is 9.96. The minimum atomic E-state index is 0.172. The summed E-state index contributed by atoms with van der Waals surface area (Å²) in [7, 11) is 0. The molecule has 1 heterocycles. The zero-order chi connectivity index (χ0) is 22.9. The van der Waals surface area contributed by atoms with E-state index in [0.717, 1.165) is 47.2 Å². The van der Waals surface area contributed by atoms with Gasteiger partial charge in [0.2, 0.25) is 5.91 Å². The summed E-state index contributed by atoms with van der Waals surface area (Å²) >= 11 is 5.17. The standard InChI is InChI=1S/C25H33N3OS3/c1-5-27(6-2)15-16-28(25-26-22-14-13-21(30-4)18-23(22)32-25)24(29)8-7-17-31-20-11-9-19(3)10-12-20/h9-14,18H,5-8,15-17H2,1-4H3. The number of aromatic nitrogens is 1. The maximum atomic E-state index is 13.2. The van der Waals surface area contributed by atoms with Crippen molar-refractivity contribution in [3.05, 3.63) is 48.0 Å². The number of carbonyl (C=O) groups is 1. The molecule has 172 valence electrons. The molecule has 0 aliphatic carbocycles. The van der Waals surface area contributed by atoms with E-state index in [4.69, 9.17) is 4.98 Å². The number of rotatable bonds is 12. The Morgan fingerprint density at radius 3 is 2.44 bits per heavy atom. The number of anilines is 1. The van der Waals surface area contributed by atoms with Gasteiger partial charge in [0.15, 0.2) is 5.13 Å². The van der Waals surface area contributed by atoms with Crippen LogP contribution >= 0.6 is 34.9 Å². The van der Waals surface area contributed by atoms with Crippen molar-refractivity contribution in [3.63, 3.8) is 0 Å². The van der Waals surface area contributed by atoms with Gasteiger partial charge in [-0.15, -0.1) is 23.5 Å². The summed E-state index contributed by atoms with van der Waals surface area (Å²) < 4.78 is 1.14. The lowest BCUT2D eigenvalue weighted by molar-refractivity contribution is -0.118. The van der Waals surface area contributed by atoms with Gasteiger partial charge in [0.1, 0.15) is 0 Å². The van der Waals surface area contributed by atoms with Crippen LogP contribution in [0.2, 0.25) is 0 Å². The summed E-state index contributed by atoms with van der Waals surface area (Å²) in [5.41, 5.74) is 2.24. The van der Waals surface area contributed by atoms with Gasteiger partial charge in [0, 0.05) is 29.3 Å². The van der Waals surface area contributed by atoms with Gasteiger partial charge in [-0.05, 0) is 68.8 Å². The van der Waals surface area contributed by atoms with Crippen LogP contribution in [0.1, 0.15) is 32.3 Å². The van der Waals surface area contributed by atoms with Crippen LogP contribution in [-0.4, -0.2) is 54.0 Å². The monoisotopic (exact) mass is 487 g/mol. The molecule has 0 spiro atoms. The van der Waals surface area contributed by atoms with Gasteiger partial charge >= 0.3 is 0 Å². The number of carbonyl (C=O) groups excluding carboxylic acids is 1. The Morgan fingerprint density at radius 2 is 1.75 bits per heavy atom. The van der Waals surface area contributed by atoms with Crippen molar-refractivity contribution in [3.8, 4) is 0 Å². The van der Waals surface area contributed by atoms with Crippen LogP contribution in [-0.2, 0) is 4.79 Å². The first-order valence-corrected chi connectivity index (χ1v) is 14.2. The second kappa shape index (κ2) is 12.6. The van der Waals surface area contributed by atoms with Crippen LogP contribution in [0.15, 0.2) is 52.3 Å². The number of hydrogen-bond acceptors (Lipinski definition) is 6. The molecule has 0 aliphatic heterocycles. The van der Waals surface area contributed by atoms with Gasteiger partial charge in [0.25, 0.3) is 0 Å². The Morgan fingerprint density at radius 1 is 1.03 bits per heavy atom. The molecule has 3 aromatic rings. The number of thiazole rings is 1. The number of aryl methyl sites for hydroxylation is 1. The fourth-order valence-electron chi connectivity index (χ4n) is 3.43. The van der Waals surface area contributed by atoms with E-state index in [-0.39, 0.29) is 5.91 Å². The smallest absolute Gasteiger partial charge is 0.228 e. The summed E-state index contributed by atoms with van der Waals surface area (Å²) in [6.07, 6.45) is 3.49. The third-order valence-corrected chi connectivity index (χ3v) is 8.34. The molecular weight excluding hydrogens is 454 g/mol. The minimum absolute atomic E-state index is 0.172. The molecule has 0 bridgehead atoms. The van der Waals surface area contributed by atoms with Crippen molar-refractivity contribution in [2.45, 2.75) is 43.4 Å². The molecule has 0 atom stereocenters. The van der Waals surface area contributed by atoms with Gasteiger partial charge in [-0.2, -0.15) is 0 Å². The summed E-state index contributed by atoms with van der Waals surface area (Å²) in [5, 5.41) is 0.821. The maximum Gasteiger partial charge on any atom is 0.228 e. The van der Waals surface area contributed by atoms with Crippen molar-refractivity contribution >= 4 is 56.1 Å². The van der Waals surface area contributed by atoms with Crippen LogP contribution in [0, 0.1) is 6.92 Å². The fraction of sp³-hybridized carbons (Fsp3) is 0.440. The highest BCUT2D eigenvalue weighted by Gasteiger charge is 2.20. The van der Waals surface area contributed by atoms with Gasteiger partial charge in [-0.3, -0.25) is 9.69 Å². The lowest BCUT2D eigenvalue weighted by Gasteiger charge is -2.24. The van der Waals surface area contributed by atoms with E-state index < -0.39 is 0 Å². The summed E-state index contributed by atoms with van der Waals surface area (Å²) in [4.78, 5) is 24.8. The number of nitrogens with zero attached hydrogens (tertiary/aromatic N) is 3. The normalized spacial score (nSPS) is 11.4. The number of amides is 1. The third kappa shape index (κ3) is 6.98. The highest BCUT2D eigenvalue weighted by molar-refractivity contribution is 7.99. The molecule has 2 aromatic carbocycles. The zero-order valence-electron chi connectivity index (χ0n) is 19.5. The predicted molar refractivity (Wildman–Crippen MR) is 143 cm³/mol. The van der Waals surface area contributed by atoms with E-state index >= 15 is 0 Å². The van der Waals surface area contributed by atoms with Gasteiger partial charge in [-0.1, -0.05) is 42.9 Å². The topological polar surface area (TPSA) is 36.4 Å². The molecule has 3 rings (SSSR count). The molecule has 0 saturated carbocycles. The maximum absolute atomic E-state index is 13.2. The highest BCUT2D eigenvalue weighted by atomic mass is 32.2. The fourth-order valence-corrected chi connectivity index (χ4v) is 5.84. The summed E-state index contributed by atoms with van der Waals surface area (Å²) in [6, 6.07) is 14.9. The molecule has 4 nitrogen and oxygen atoms in total. The first-order valence-electron chi connectivity index (χ1n) is 11.2. The average molecular weight is 488 g/mol. The molecule has 1 aromatic heterocycles. The van der Waals surface area contributed by atoms with Crippen LogP contribution in [0.25, 0.3) is 10.2 Å². The van der Waals surface area contributed by atoms with E-state index in [9.17, 15) is 4.79 Å². The van der Waals surface area contributed by atoms with Gasteiger partial charge < -0.3 is 4.90 Å². The highest BCUT2D eigenvalue weighted by Crippen LogP contribution is 2.32. The second-order valence-corrected chi connectivity index (χ2v) is 10.7. The van der Waals surface area contributed by atoms with E-state index in [1.165, 1.54) is 15.4 Å². The molecular formula is C25H33N3OS3. The van der Waals surface area contributed by atoms with Gasteiger partial charge in [-0.25, -0.2) is 4.98 Å². The molecule has 0 aliphatic rings. The first-order chi connectivity index (χ1) is 15.5.